The molecule has 0 heterocycles. The zero-order valence-corrected chi connectivity index (χ0v) is 14.2. The Morgan fingerprint density at radius 1 is 1.14 bits per heavy atom. The molecule has 0 bridgehead atoms. The largest absolute Gasteiger partial charge is 0.490 e. The van der Waals surface area contributed by atoms with E-state index >= 15 is 0 Å². The summed E-state index contributed by atoms with van der Waals surface area (Å²) in [5.41, 5.74) is 1.28. The minimum atomic E-state index is 0.391. The lowest BCUT2D eigenvalue weighted by Gasteiger charge is -2.29. The van der Waals surface area contributed by atoms with Gasteiger partial charge in [0.1, 0.15) is 5.75 Å². The molecule has 0 spiro atoms. The molecule has 1 nitrogen and oxygen atoms in total. The van der Waals surface area contributed by atoms with Crippen LogP contribution < -0.4 is 4.74 Å². The average Bonchev–Trinajstić information content (AvgIpc) is 2.55. The maximum absolute atomic E-state index is 6.39. The summed E-state index contributed by atoms with van der Waals surface area (Å²) in [5.74, 6) is 1.91. The van der Waals surface area contributed by atoms with E-state index in [1.54, 1.807) is 0 Å². The van der Waals surface area contributed by atoms with Crippen LogP contribution in [0.4, 0.5) is 0 Å². The Balaban J connectivity index is 1.86. The summed E-state index contributed by atoms with van der Waals surface area (Å²) in [6.45, 7) is 2.30. The fourth-order valence-electron chi connectivity index (χ4n) is 3.46. The molecule has 3 rings (SSSR count). The molecule has 0 N–H and O–H groups in total. The highest BCUT2D eigenvalue weighted by atomic mass is 79.9. The van der Waals surface area contributed by atoms with Crippen molar-refractivity contribution < 1.29 is 4.74 Å². The molecule has 1 aliphatic carbocycles. The fourth-order valence-corrected chi connectivity index (χ4v) is 4.04. The van der Waals surface area contributed by atoms with Crippen LogP contribution in [0.5, 0.6) is 5.75 Å². The van der Waals surface area contributed by atoms with Gasteiger partial charge in [-0.3, -0.25) is 0 Å². The Labute approximate surface area is 135 Å². The van der Waals surface area contributed by atoms with E-state index in [1.807, 2.05) is 0 Å². The number of hydrogen-bond acceptors (Lipinski definition) is 1. The third-order valence-corrected chi connectivity index (χ3v) is 5.30. The minimum absolute atomic E-state index is 0.391. The third kappa shape index (κ3) is 3.26. The van der Waals surface area contributed by atoms with Crippen molar-refractivity contribution in [3.63, 3.8) is 0 Å². The summed E-state index contributed by atoms with van der Waals surface area (Å²) in [7, 11) is 0. The van der Waals surface area contributed by atoms with Crippen molar-refractivity contribution in [2.24, 2.45) is 5.92 Å². The molecule has 1 saturated carbocycles. The van der Waals surface area contributed by atoms with Gasteiger partial charge in [0, 0.05) is 10.9 Å². The molecule has 2 atom stereocenters. The van der Waals surface area contributed by atoms with Crippen molar-refractivity contribution in [1.82, 2.24) is 0 Å². The topological polar surface area (TPSA) is 9.23 Å². The van der Waals surface area contributed by atoms with Crippen molar-refractivity contribution in [2.45, 2.75) is 50.5 Å². The van der Waals surface area contributed by atoms with E-state index in [4.69, 9.17) is 4.74 Å². The maximum Gasteiger partial charge on any atom is 0.124 e. The minimum Gasteiger partial charge on any atom is -0.490 e. The van der Waals surface area contributed by atoms with E-state index < -0.39 is 0 Å². The molecular formula is C19H23BrO. The van der Waals surface area contributed by atoms with Crippen LogP contribution >= 0.6 is 15.9 Å². The van der Waals surface area contributed by atoms with E-state index in [1.165, 1.54) is 48.4 Å². The van der Waals surface area contributed by atoms with Crippen LogP contribution in [0.3, 0.4) is 0 Å². The number of halogens is 1. The van der Waals surface area contributed by atoms with Gasteiger partial charge in [-0.1, -0.05) is 66.0 Å². The molecule has 21 heavy (non-hydrogen) atoms. The Hall–Kier alpha value is -1.02. The lowest BCUT2D eigenvalue weighted by Crippen LogP contribution is -2.25. The maximum atomic E-state index is 6.39. The van der Waals surface area contributed by atoms with Crippen molar-refractivity contribution in [3.05, 3.63) is 42.0 Å². The zero-order chi connectivity index (χ0) is 14.7. The van der Waals surface area contributed by atoms with Crippen molar-refractivity contribution in [3.8, 4) is 5.75 Å². The number of benzene rings is 2. The Morgan fingerprint density at radius 3 is 2.81 bits per heavy atom. The molecule has 0 aromatic heterocycles. The number of ether oxygens (including phenoxy) is 1. The predicted octanol–water partition coefficient (Wildman–Crippen LogP) is 6.08. The van der Waals surface area contributed by atoms with Crippen molar-refractivity contribution >= 4 is 26.7 Å². The molecule has 0 radical (unpaired) electrons. The molecule has 2 unspecified atom stereocenters. The van der Waals surface area contributed by atoms with Crippen LogP contribution in [0, 0.1) is 5.92 Å². The quantitative estimate of drug-likeness (QED) is 0.609. The van der Waals surface area contributed by atoms with Gasteiger partial charge >= 0.3 is 0 Å². The number of hydrogen-bond donors (Lipinski definition) is 0. The highest BCUT2D eigenvalue weighted by Gasteiger charge is 2.23. The van der Waals surface area contributed by atoms with Gasteiger partial charge in [-0.15, -0.1) is 0 Å². The SMILES string of the molecule is CCC1CCCC(Oc2ccc3ccccc3c2CBr)C1. The molecule has 112 valence electrons. The molecular weight excluding hydrogens is 324 g/mol. The van der Waals surface area contributed by atoms with Crippen LogP contribution in [-0.2, 0) is 5.33 Å². The van der Waals surface area contributed by atoms with E-state index in [9.17, 15) is 0 Å². The standard InChI is InChI=1S/C19H23BrO/c1-2-14-6-5-8-16(12-14)21-19-11-10-15-7-3-4-9-17(15)18(19)13-20/h3-4,7,9-11,14,16H,2,5-6,8,12-13H2,1H3. The molecule has 0 amide bonds. The van der Waals surface area contributed by atoms with Crippen LogP contribution in [-0.4, -0.2) is 6.10 Å². The van der Waals surface area contributed by atoms with Gasteiger partial charge in [0.2, 0.25) is 0 Å². The average molecular weight is 347 g/mol. The number of fused-ring (bicyclic) bond motifs is 1. The highest BCUT2D eigenvalue weighted by molar-refractivity contribution is 9.08. The smallest absolute Gasteiger partial charge is 0.124 e. The molecule has 2 heteroatoms. The van der Waals surface area contributed by atoms with Crippen molar-refractivity contribution in [1.29, 1.82) is 0 Å². The highest BCUT2D eigenvalue weighted by Crippen LogP contribution is 2.34. The zero-order valence-electron chi connectivity index (χ0n) is 12.6. The third-order valence-electron chi connectivity index (χ3n) is 4.74. The molecule has 2 aromatic carbocycles. The predicted molar refractivity (Wildman–Crippen MR) is 93.2 cm³/mol. The summed E-state index contributed by atoms with van der Waals surface area (Å²) in [6, 6.07) is 12.9. The summed E-state index contributed by atoms with van der Waals surface area (Å²) in [4.78, 5) is 0. The fraction of sp³-hybridized carbons (Fsp3) is 0.474. The first-order valence-electron chi connectivity index (χ1n) is 8.05. The van der Waals surface area contributed by atoms with Crippen LogP contribution in [0.15, 0.2) is 36.4 Å². The van der Waals surface area contributed by atoms with Gasteiger partial charge in [0.15, 0.2) is 0 Å². The van der Waals surface area contributed by atoms with E-state index in [0.717, 1.165) is 17.0 Å². The Bertz CT molecular complexity index is 608. The van der Waals surface area contributed by atoms with Crippen LogP contribution in [0.1, 0.15) is 44.6 Å². The first-order valence-corrected chi connectivity index (χ1v) is 9.17. The van der Waals surface area contributed by atoms with Crippen molar-refractivity contribution in [2.75, 3.05) is 0 Å². The van der Waals surface area contributed by atoms with Crippen LogP contribution in [0.25, 0.3) is 10.8 Å². The van der Waals surface area contributed by atoms with Gasteiger partial charge in [-0.05, 0) is 42.0 Å². The summed E-state index contributed by atoms with van der Waals surface area (Å²) in [5, 5.41) is 3.43. The van der Waals surface area contributed by atoms with E-state index in [-0.39, 0.29) is 0 Å². The van der Waals surface area contributed by atoms with Gasteiger partial charge in [0.25, 0.3) is 0 Å². The lowest BCUT2D eigenvalue weighted by molar-refractivity contribution is 0.121. The second-order valence-electron chi connectivity index (χ2n) is 6.08. The molecule has 1 aliphatic rings. The van der Waals surface area contributed by atoms with E-state index in [2.05, 4.69) is 59.3 Å². The Morgan fingerprint density at radius 2 is 2.00 bits per heavy atom. The van der Waals surface area contributed by atoms with Crippen LogP contribution in [0.2, 0.25) is 0 Å². The lowest BCUT2D eigenvalue weighted by atomic mass is 9.85. The van der Waals surface area contributed by atoms with Gasteiger partial charge in [-0.25, -0.2) is 0 Å². The van der Waals surface area contributed by atoms with Gasteiger partial charge in [0.05, 0.1) is 6.10 Å². The second-order valence-corrected chi connectivity index (χ2v) is 6.64. The number of alkyl halides is 1. The molecule has 2 aromatic rings. The molecule has 0 aliphatic heterocycles. The number of rotatable bonds is 4. The Kier molecular flexibility index (Phi) is 4.84. The first-order chi connectivity index (χ1) is 10.3. The monoisotopic (exact) mass is 346 g/mol. The molecule has 1 fully saturated rings. The van der Waals surface area contributed by atoms with Gasteiger partial charge in [-0.2, -0.15) is 0 Å². The second kappa shape index (κ2) is 6.83. The summed E-state index contributed by atoms with van der Waals surface area (Å²) >= 11 is 3.64. The summed E-state index contributed by atoms with van der Waals surface area (Å²) in [6.07, 6.45) is 6.77. The molecule has 0 saturated heterocycles. The van der Waals surface area contributed by atoms with Gasteiger partial charge < -0.3 is 4.74 Å². The normalized spacial score (nSPS) is 22.4. The first kappa shape index (κ1) is 14.9. The van der Waals surface area contributed by atoms with E-state index in [0.29, 0.717) is 6.10 Å². The summed E-state index contributed by atoms with van der Waals surface area (Å²) < 4.78 is 6.39.